The van der Waals surface area contributed by atoms with E-state index in [1.165, 1.54) is 38.5 Å². The molecular formula is C15H15BrN4O6. The highest BCUT2D eigenvalue weighted by molar-refractivity contribution is 9.10. The molecule has 0 fully saturated rings. The van der Waals surface area contributed by atoms with Gasteiger partial charge in [0.15, 0.2) is 11.5 Å². The Hall–Kier alpha value is -3.08. The molecule has 2 heterocycles. The summed E-state index contributed by atoms with van der Waals surface area (Å²) in [4.78, 5) is 27.0. The first-order valence-electron chi connectivity index (χ1n) is 6.91. The van der Waals surface area contributed by atoms with E-state index in [1.54, 1.807) is 6.92 Å². The van der Waals surface area contributed by atoms with Crippen LogP contribution in [0, 0.1) is 20.2 Å². The topological polar surface area (TPSA) is 131 Å². The number of halogens is 1. The summed E-state index contributed by atoms with van der Waals surface area (Å²) >= 11 is 3.04. The highest BCUT2D eigenvalue weighted by Gasteiger charge is 2.16. The van der Waals surface area contributed by atoms with Crippen molar-refractivity contribution in [1.82, 2.24) is 9.97 Å². The van der Waals surface area contributed by atoms with Crippen molar-refractivity contribution in [3.05, 3.63) is 61.4 Å². The number of allylic oxidation sites excluding steroid dienone is 1. The number of nitro groups is 2. The molecule has 138 valence electrons. The predicted octanol–water partition coefficient (Wildman–Crippen LogP) is 3.79. The fourth-order valence-corrected chi connectivity index (χ4v) is 2.15. The van der Waals surface area contributed by atoms with Gasteiger partial charge in [0.05, 0.1) is 14.2 Å². The van der Waals surface area contributed by atoms with Crippen LogP contribution in [0.2, 0.25) is 0 Å². The van der Waals surface area contributed by atoms with E-state index >= 15 is 0 Å². The maximum atomic E-state index is 10.4. The summed E-state index contributed by atoms with van der Waals surface area (Å²) in [6.07, 6.45) is 0. The summed E-state index contributed by atoms with van der Waals surface area (Å²) in [6, 6.07) is 5.57. The molecule has 0 unspecified atom stereocenters. The van der Waals surface area contributed by atoms with Crippen LogP contribution in [-0.4, -0.2) is 34.0 Å². The summed E-state index contributed by atoms with van der Waals surface area (Å²) in [5, 5.41) is 20.7. The summed E-state index contributed by atoms with van der Waals surface area (Å²) in [5.41, 5.74) is 1.05. The van der Waals surface area contributed by atoms with Crippen molar-refractivity contribution in [3.8, 4) is 11.5 Å². The van der Waals surface area contributed by atoms with Gasteiger partial charge in [0.2, 0.25) is 5.69 Å². The Bertz CT molecular complexity index is 843. The highest BCUT2D eigenvalue weighted by Crippen LogP contribution is 2.25. The van der Waals surface area contributed by atoms with Crippen molar-refractivity contribution in [2.45, 2.75) is 6.92 Å². The van der Waals surface area contributed by atoms with E-state index in [0.29, 0.717) is 27.4 Å². The summed E-state index contributed by atoms with van der Waals surface area (Å²) in [6.45, 7) is 5.39. The van der Waals surface area contributed by atoms with Crippen LogP contribution in [0.15, 0.2) is 35.4 Å². The number of aromatic nitrogens is 2. The Morgan fingerprint density at radius 2 is 1.46 bits per heavy atom. The maximum Gasteiger partial charge on any atom is 0.364 e. The third kappa shape index (κ3) is 5.48. The van der Waals surface area contributed by atoms with Gasteiger partial charge in [-0.15, -0.1) is 0 Å². The average molecular weight is 427 g/mol. The second-order valence-corrected chi connectivity index (χ2v) is 5.43. The lowest BCUT2D eigenvalue weighted by Gasteiger charge is -2.02. The molecule has 11 heteroatoms. The number of hydrogen-bond acceptors (Lipinski definition) is 8. The van der Waals surface area contributed by atoms with Crippen LogP contribution in [0.3, 0.4) is 0 Å². The molecule has 0 atom stereocenters. The van der Waals surface area contributed by atoms with Crippen LogP contribution in [0.5, 0.6) is 11.5 Å². The largest absolute Gasteiger partial charge is 0.492 e. The molecule has 0 saturated heterocycles. The molecule has 26 heavy (non-hydrogen) atoms. The monoisotopic (exact) mass is 426 g/mol. The van der Waals surface area contributed by atoms with Gasteiger partial charge in [-0.3, -0.25) is 0 Å². The molecule has 0 radical (unpaired) electrons. The molecule has 0 bridgehead atoms. The predicted molar refractivity (Wildman–Crippen MR) is 97.3 cm³/mol. The minimum atomic E-state index is -0.565. The molecule has 2 rings (SSSR count). The number of hydrogen-bond donors (Lipinski definition) is 0. The lowest BCUT2D eigenvalue weighted by atomic mass is 10.2. The Morgan fingerprint density at radius 1 is 1.00 bits per heavy atom. The van der Waals surface area contributed by atoms with E-state index in [9.17, 15) is 20.2 Å². The molecule has 10 nitrogen and oxygen atoms in total. The first kappa shape index (κ1) is 21.0. The van der Waals surface area contributed by atoms with Crippen LogP contribution in [0.25, 0.3) is 5.57 Å². The van der Waals surface area contributed by atoms with Crippen molar-refractivity contribution in [2.75, 3.05) is 14.2 Å². The molecule has 0 aliphatic rings. The third-order valence-corrected chi connectivity index (χ3v) is 3.43. The van der Waals surface area contributed by atoms with E-state index < -0.39 is 9.85 Å². The zero-order valence-corrected chi connectivity index (χ0v) is 15.7. The minimum Gasteiger partial charge on any atom is -0.492 e. The average Bonchev–Trinajstić information content (AvgIpc) is 2.61. The summed E-state index contributed by atoms with van der Waals surface area (Å²) < 4.78 is 10.2. The van der Waals surface area contributed by atoms with Gasteiger partial charge < -0.3 is 29.7 Å². The van der Waals surface area contributed by atoms with Crippen molar-refractivity contribution >= 4 is 33.1 Å². The van der Waals surface area contributed by atoms with Gasteiger partial charge in [-0.2, -0.15) is 0 Å². The number of methoxy groups -OCH3 is 2. The maximum absolute atomic E-state index is 10.4. The van der Waals surface area contributed by atoms with Gasteiger partial charge in [0, 0.05) is 28.1 Å². The molecule has 0 spiro atoms. The van der Waals surface area contributed by atoms with Gasteiger partial charge >= 0.3 is 11.6 Å². The van der Waals surface area contributed by atoms with E-state index in [2.05, 4.69) is 32.5 Å². The lowest BCUT2D eigenvalue weighted by Crippen LogP contribution is -1.98. The molecule has 2 aromatic rings. The van der Waals surface area contributed by atoms with Gasteiger partial charge in [-0.25, -0.2) is 0 Å². The second kappa shape index (κ2) is 9.42. The zero-order chi connectivity index (χ0) is 19.9. The molecule has 0 aliphatic carbocycles. The fraction of sp³-hybridized carbons (Fsp3) is 0.200. The molecule has 0 saturated carbocycles. The van der Waals surface area contributed by atoms with Crippen LogP contribution in [0.1, 0.15) is 12.6 Å². The van der Waals surface area contributed by atoms with Crippen molar-refractivity contribution in [1.29, 1.82) is 0 Å². The Balaban J connectivity index is 0.000000263. The normalized spacial score (nSPS) is 9.54. The minimum absolute atomic E-state index is 0.205. The SMILES string of the molecule is C=C(C)c1nc([N+](=O)[O-])ccc1OC.COc1ccc([N+](=O)[O-])nc1Br. The van der Waals surface area contributed by atoms with Gasteiger partial charge in [0.1, 0.15) is 0 Å². The Kier molecular flexibility index (Phi) is 7.59. The zero-order valence-electron chi connectivity index (χ0n) is 14.1. The van der Waals surface area contributed by atoms with E-state index in [-0.39, 0.29) is 11.6 Å². The number of ether oxygens (including phenoxy) is 2. The fourth-order valence-electron chi connectivity index (χ4n) is 1.67. The van der Waals surface area contributed by atoms with Crippen LogP contribution < -0.4 is 9.47 Å². The summed E-state index contributed by atoms with van der Waals surface area (Å²) in [7, 11) is 2.95. The third-order valence-electron chi connectivity index (χ3n) is 2.86. The standard InChI is InChI=1S/C9H10N2O3.C6H5BrN2O3/c1-6(2)9-7(14-3)4-5-8(10-9)11(12)13;1-12-4-2-3-5(9(10)11)8-6(4)7/h4-5H,1H2,2-3H3;2-3H,1H3. The lowest BCUT2D eigenvalue weighted by molar-refractivity contribution is -0.389. The van der Waals surface area contributed by atoms with Crippen molar-refractivity contribution < 1.29 is 19.3 Å². The first-order valence-corrected chi connectivity index (χ1v) is 7.70. The Labute approximate surface area is 156 Å². The number of pyridine rings is 2. The molecule has 0 aromatic carbocycles. The van der Waals surface area contributed by atoms with Crippen molar-refractivity contribution in [3.63, 3.8) is 0 Å². The Morgan fingerprint density at radius 3 is 1.85 bits per heavy atom. The number of nitrogens with zero attached hydrogens (tertiary/aromatic N) is 4. The highest BCUT2D eigenvalue weighted by atomic mass is 79.9. The smallest absolute Gasteiger partial charge is 0.364 e. The molecule has 0 aliphatic heterocycles. The second-order valence-electron chi connectivity index (χ2n) is 4.68. The number of rotatable bonds is 5. The molecule has 0 amide bonds. The van der Waals surface area contributed by atoms with E-state index in [4.69, 9.17) is 9.47 Å². The van der Waals surface area contributed by atoms with Crippen LogP contribution in [0.4, 0.5) is 11.6 Å². The van der Waals surface area contributed by atoms with Crippen molar-refractivity contribution in [2.24, 2.45) is 0 Å². The van der Waals surface area contributed by atoms with Gasteiger partial charge in [-0.1, -0.05) is 6.58 Å². The van der Waals surface area contributed by atoms with E-state index in [1.807, 2.05) is 0 Å². The molecular weight excluding hydrogens is 412 g/mol. The first-order chi connectivity index (χ1) is 12.2. The van der Waals surface area contributed by atoms with Crippen LogP contribution >= 0.6 is 15.9 Å². The summed E-state index contributed by atoms with van der Waals surface area (Å²) in [5.74, 6) is 0.551. The van der Waals surface area contributed by atoms with E-state index in [0.717, 1.165) is 0 Å². The quantitative estimate of drug-likeness (QED) is 0.400. The van der Waals surface area contributed by atoms with Crippen LogP contribution in [-0.2, 0) is 0 Å². The molecule has 2 aromatic heterocycles. The van der Waals surface area contributed by atoms with Gasteiger partial charge in [0.25, 0.3) is 4.60 Å². The molecule has 0 N–H and O–H groups in total. The van der Waals surface area contributed by atoms with Gasteiger partial charge in [-0.05, 0) is 44.4 Å².